The van der Waals surface area contributed by atoms with Gasteiger partial charge in [0.25, 0.3) is 0 Å². The van der Waals surface area contributed by atoms with E-state index < -0.39 is 5.97 Å². The first-order chi connectivity index (χ1) is 6.99. The summed E-state index contributed by atoms with van der Waals surface area (Å²) in [6, 6.07) is 1.85. The van der Waals surface area contributed by atoms with Crippen molar-refractivity contribution in [2.45, 2.75) is 20.4 Å². The Labute approximate surface area is 88.7 Å². The fourth-order valence-electron chi connectivity index (χ4n) is 1.37. The molecule has 0 amide bonds. The van der Waals surface area contributed by atoms with Crippen LogP contribution >= 0.6 is 0 Å². The van der Waals surface area contributed by atoms with Crippen LogP contribution in [0.25, 0.3) is 0 Å². The lowest BCUT2D eigenvalue weighted by molar-refractivity contribution is -0.141. The standard InChI is InChI=1S/C10H16N2O3/c1-7(10(13)14)5-12(3)6-9-4-8(2)11-15-9/h4,7H,5-6H2,1-3H3,(H,13,14). The van der Waals surface area contributed by atoms with E-state index in [0.29, 0.717) is 13.1 Å². The highest BCUT2D eigenvalue weighted by molar-refractivity contribution is 5.69. The second-order valence-electron chi connectivity index (χ2n) is 3.87. The zero-order chi connectivity index (χ0) is 11.4. The number of carbonyl (C=O) groups is 1. The van der Waals surface area contributed by atoms with Gasteiger partial charge in [0, 0.05) is 12.6 Å². The Morgan fingerprint density at radius 2 is 2.40 bits per heavy atom. The average Bonchev–Trinajstić information content (AvgIpc) is 2.50. The van der Waals surface area contributed by atoms with E-state index in [1.165, 1.54) is 0 Å². The highest BCUT2D eigenvalue weighted by atomic mass is 16.5. The summed E-state index contributed by atoms with van der Waals surface area (Å²) in [5.74, 6) is -0.401. The Bertz CT molecular complexity index is 335. The first-order valence-electron chi connectivity index (χ1n) is 4.82. The molecule has 0 spiro atoms. The van der Waals surface area contributed by atoms with Crippen LogP contribution in [-0.2, 0) is 11.3 Å². The number of nitrogens with zero attached hydrogens (tertiary/aromatic N) is 2. The van der Waals surface area contributed by atoms with Crippen LogP contribution in [0.2, 0.25) is 0 Å². The summed E-state index contributed by atoms with van der Waals surface area (Å²) in [6.07, 6.45) is 0. The molecule has 0 bridgehead atoms. The van der Waals surface area contributed by atoms with Gasteiger partial charge in [0.2, 0.25) is 0 Å². The summed E-state index contributed by atoms with van der Waals surface area (Å²) in [5, 5.41) is 12.5. The molecule has 5 heteroatoms. The van der Waals surface area contributed by atoms with E-state index in [-0.39, 0.29) is 5.92 Å². The van der Waals surface area contributed by atoms with Crippen LogP contribution in [-0.4, -0.2) is 34.7 Å². The van der Waals surface area contributed by atoms with E-state index in [1.807, 2.05) is 24.9 Å². The summed E-state index contributed by atoms with van der Waals surface area (Å²) in [7, 11) is 1.86. The van der Waals surface area contributed by atoms with Crippen LogP contribution in [0.5, 0.6) is 0 Å². The van der Waals surface area contributed by atoms with Gasteiger partial charge in [-0.05, 0) is 14.0 Å². The normalized spacial score (nSPS) is 13.1. The molecule has 1 N–H and O–H groups in total. The van der Waals surface area contributed by atoms with Gasteiger partial charge in [0.1, 0.15) is 0 Å². The summed E-state index contributed by atoms with van der Waals surface area (Å²) in [6.45, 7) is 4.62. The molecule has 0 aromatic carbocycles. The Balaban J connectivity index is 2.42. The number of aliphatic carboxylic acids is 1. The first-order valence-corrected chi connectivity index (χ1v) is 4.82. The first kappa shape index (κ1) is 11.7. The molecule has 15 heavy (non-hydrogen) atoms. The second-order valence-corrected chi connectivity index (χ2v) is 3.87. The fraction of sp³-hybridized carbons (Fsp3) is 0.600. The van der Waals surface area contributed by atoms with Crippen molar-refractivity contribution in [1.29, 1.82) is 0 Å². The zero-order valence-corrected chi connectivity index (χ0v) is 9.23. The molecule has 5 nitrogen and oxygen atoms in total. The van der Waals surface area contributed by atoms with E-state index in [2.05, 4.69) is 5.16 Å². The zero-order valence-electron chi connectivity index (χ0n) is 9.23. The third-order valence-electron chi connectivity index (χ3n) is 2.11. The Morgan fingerprint density at radius 3 is 2.87 bits per heavy atom. The van der Waals surface area contributed by atoms with E-state index in [0.717, 1.165) is 11.5 Å². The molecule has 0 aliphatic carbocycles. The minimum absolute atomic E-state index is 0.376. The van der Waals surface area contributed by atoms with Crippen molar-refractivity contribution < 1.29 is 14.4 Å². The van der Waals surface area contributed by atoms with Gasteiger partial charge in [-0.1, -0.05) is 12.1 Å². The predicted molar refractivity (Wildman–Crippen MR) is 54.4 cm³/mol. The van der Waals surface area contributed by atoms with E-state index in [4.69, 9.17) is 9.63 Å². The molecule has 0 aliphatic heterocycles. The summed E-state index contributed by atoms with van der Waals surface area (Å²) < 4.78 is 5.04. The molecule has 0 saturated carbocycles. The number of carboxylic acid groups (broad SMARTS) is 1. The lowest BCUT2D eigenvalue weighted by Crippen LogP contribution is -2.28. The Kier molecular flexibility index (Phi) is 3.85. The molecule has 0 aliphatic rings. The molecule has 1 unspecified atom stereocenters. The number of hydrogen-bond acceptors (Lipinski definition) is 4. The van der Waals surface area contributed by atoms with Gasteiger partial charge in [-0.2, -0.15) is 0 Å². The number of aryl methyl sites for hydroxylation is 1. The fourth-order valence-corrected chi connectivity index (χ4v) is 1.37. The van der Waals surface area contributed by atoms with Crippen molar-refractivity contribution in [3.8, 4) is 0 Å². The van der Waals surface area contributed by atoms with Gasteiger partial charge >= 0.3 is 5.97 Å². The number of hydrogen-bond donors (Lipinski definition) is 1. The minimum Gasteiger partial charge on any atom is -0.481 e. The molecule has 0 fully saturated rings. The van der Waals surface area contributed by atoms with Crippen LogP contribution < -0.4 is 0 Å². The van der Waals surface area contributed by atoms with Gasteiger partial charge < -0.3 is 9.63 Å². The maximum atomic E-state index is 10.6. The van der Waals surface area contributed by atoms with Crippen LogP contribution in [0.1, 0.15) is 18.4 Å². The maximum absolute atomic E-state index is 10.6. The molecule has 1 aromatic rings. The minimum atomic E-state index is -0.782. The maximum Gasteiger partial charge on any atom is 0.307 e. The predicted octanol–water partition coefficient (Wildman–Crippen LogP) is 1.14. The Hall–Kier alpha value is -1.36. The van der Waals surface area contributed by atoms with E-state index in [1.54, 1.807) is 6.92 Å². The molecule has 1 heterocycles. The summed E-state index contributed by atoms with van der Waals surface area (Å²) in [4.78, 5) is 12.5. The molecule has 1 aromatic heterocycles. The van der Waals surface area contributed by atoms with Crippen molar-refractivity contribution in [2.75, 3.05) is 13.6 Å². The molecule has 0 saturated heterocycles. The third-order valence-corrected chi connectivity index (χ3v) is 2.11. The molecular weight excluding hydrogens is 196 g/mol. The quantitative estimate of drug-likeness (QED) is 0.792. The average molecular weight is 212 g/mol. The highest BCUT2D eigenvalue weighted by Gasteiger charge is 2.14. The van der Waals surface area contributed by atoms with Crippen LogP contribution in [0.15, 0.2) is 10.6 Å². The third kappa shape index (κ3) is 3.71. The van der Waals surface area contributed by atoms with E-state index in [9.17, 15) is 4.79 Å². The van der Waals surface area contributed by atoms with E-state index >= 15 is 0 Å². The van der Waals surface area contributed by atoms with Crippen molar-refractivity contribution in [3.05, 3.63) is 17.5 Å². The molecular formula is C10H16N2O3. The van der Waals surface area contributed by atoms with Crippen molar-refractivity contribution in [3.63, 3.8) is 0 Å². The topological polar surface area (TPSA) is 66.6 Å². The van der Waals surface area contributed by atoms with Crippen molar-refractivity contribution in [2.24, 2.45) is 5.92 Å². The number of carboxylic acids is 1. The summed E-state index contributed by atoms with van der Waals surface area (Å²) >= 11 is 0. The van der Waals surface area contributed by atoms with Gasteiger partial charge in [-0.3, -0.25) is 9.69 Å². The molecule has 1 atom stereocenters. The molecule has 1 rings (SSSR count). The lowest BCUT2D eigenvalue weighted by atomic mass is 10.2. The smallest absolute Gasteiger partial charge is 0.307 e. The van der Waals surface area contributed by atoms with Crippen LogP contribution in [0, 0.1) is 12.8 Å². The summed E-state index contributed by atoms with van der Waals surface area (Å²) in [5.41, 5.74) is 0.838. The van der Waals surface area contributed by atoms with Gasteiger partial charge in [-0.15, -0.1) is 0 Å². The SMILES string of the molecule is Cc1cc(CN(C)CC(C)C(=O)O)on1. The molecule has 84 valence electrons. The van der Waals surface area contributed by atoms with Crippen LogP contribution in [0.4, 0.5) is 0 Å². The Morgan fingerprint density at radius 1 is 1.73 bits per heavy atom. The van der Waals surface area contributed by atoms with Crippen molar-refractivity contribution in [1.82, 2.24) is 10.1 Å². The number of aromatic nitrogens is 1. The largest absolute Gasteiger partial charge is 0.481 e. The second kappa shape index (κ2) is 4.93. The highest BCUT2D eigenvalue weighted by Crippen LogP contribution is 2.07. The van der Waals surface area contributed by atoms with Crippen LogP contribution in [0.3, 0.4) is 0 Å². The van der Waals surface area contributed by atoms with Gasteiger partial charge in [0.15, 0.2) is 5.76 Å². The van der Waals surface area contributed by atoms with Gasteiger partial charge in [-0.25, -0.2) is 0 Å². The monoisotopic (exact) mass is 212 g/mol. The van der Waals surface area contributed by atoms with Crippen molar-refractivity contribution >= 4 is 5.97 Å². The molecule has 0 radical (unpaired) electrons. The lowest BCUT2D eigenvalue weighted by Gasteiger charge is -2.16. The number of rotatable bonds is 5. The van der Waals surface area contributed by atoms with Gasteiger partial charge in [0.05, 0.1) is 18.2 Å².